The van der Waals surface area contributed by atoms with Gasteiger partial charge in [0.05, 0.1) is 0 Å². The quantitative estimate of drug-likeness (QED) is 0.479. The summed E-state index contributed by atoms with van der Waals surface area (Å²) in [5.74, 6) is 0.0750. The molecule has 1 aliphatic rings. The number of anilines is 3. The zero-order valence-electron chi connectivity index (χ0n) is 17.9. The lowest BCUT2D eigenvalue weighted by Gasteiger charge is -2.30. The number of primary amides is 1. The summed E-state index contributed by atoms with van der Waals surface area (Å²) in [4.78, 5) is 27.8. The maximum atomic E-state index is 11.8. The minimum Gasteiger partial charge on any atom is -0.364 e. The molecule has 2 amide bonds. The van der Waals surface area contributed by atoms with E-state index in [0.29, 0.717) is 11.9 Å². The van der Waals surface area contributed by atoms with Crippen LogP contribution < -0.4 is 21.7 Å². The van der Waals surface area contributed by atoms with Gasteiger partial charge in [0.15, 0.2) is 11.5 Å². The monoisotopic (exact) mass is 423 g/mol. The second kappa shape index (κ2) is 10.0. The number of hydrogen-bond donors (Lipinski definition) is 4. The van der Waals surface area contributed by atoms with Crippen LogP contribution in [0.3, 0.4) is 0 Å². The van der Waals surface area contributed by atoms with E-state index >= 15 is 0 Å². The van der Waals surface area contributed by atoms with Gasteiger partial charge in [-0.3, -0.25) is 9.59 Å². The molecule has 31 heavy (non-hydrogen) atoms. The van der Waals surface area contributed by atoms with Crippen LogP contribution in [-0.2, 0) is 4.79 Å². The fraction of sp³-hybridized carbons (Fsp3) is 0.409. The number of rotatable bonds is 8. The molecule has 2 aromatic rings. The van der Waals surface area contributed by atoms with Gasteiger partial charge in [-0.1, -0.05) is 32.6 Å². The molecule has 0 bridgehead atoms. The highest BCUT2D eigenvalue weighted by Gasteiger charge is 2.24. The lowest BCUT2D eigenvalue weighted by Crippen LogP contribution is -2.41. The third-order valence-electron chi connectivity index (χ3n) is 5.30. The van der Waals surface area contributed by atoms with E-state index in [-0.39, 0.29) is 29.5 Å². The third kappa shape index (κ3) is 6.00. The molecule has 1 aliphatic carbocycles. The van der Waals surface area contributed by atoms with E-state index in [0.717, 1.165) is 31.4 Å². The van der Waals surface area contributed by atoms with Crippen molar-refractivity contribution >= 4 is 29.3 Å². The van der Waals surface area contributed by atoms with Crippen LogP contribution >= 0.6 is 0 Å². The molecule has 0 saturated heterocycles. The van der Waals surface area contributed by atoms with Gasteiger partial charge in [-0.05, 0) is 55.4 Å². The van der Waals surface area contributed by atoms with Crippen molar-refractivity contribution in [1.29, 1.82) is 0 Å². The zero-order valence-corrected chi connectivity index (χ0v) is 17.9. The Morgan fingerprint density at radius 2 is 1.87 bits per heavy atom. The minimum atomic E-state index is -0.710. The van der Waals surface area contributed by atoms with Crippen molar-refractivity contribution in [3.63, 3.8) is 0 Å². The summed E-state index contributed by atoms with van der Waals surface area (Å²) in [6, 6.07) is 8.01. The van der Waals surface area contributed by atoms with E-state index in [1.54, 1.807) is 0 Å². The van der Waals surface area contributed by atoms with E-state index in [1.807, 2.05) is 24.3 Å². The normalized spacial score (nSPS) is 18.3. The van der Waals surface area contributed by atoms with Gasteiger partial charge in [-0.15, -0.1) is 10.2 Å². The number of amides is 2. The Morgan fingerprint density at radius 3 is 2.52 bits per heavy atom. The molecule has 164 valence electrons. The summed E-state index contributed by atoms with van der Waals surface area (Å²) in [7, 11) is 0. The Hall–Kier alpha value is -3.49. The Labute approximate surface area is 181 Å². The standard InChI is InChI=1S/C22H29N7O2/c1-4-18(30)24-16-6-5-7-17(12-16)26-22-27-21(19(20(23)31)28-29-22)25-15-10-8-14(9-11-15)13(2)3/h4,8-11,13,16-17H,1,5-7,12H2,2-3H3,(H2,23,31)(H,24,30)(H2,25,26,27,29)/t16-,17+/m0/s1. The first-order chi connectivity index (χ1) is 14.9. The Morgan fingerprint density at radius 1 is 1.16 bits per heavy atom. The fourth-order valence-corrected chi connectivity index (χ4v) is 3.62. The first-order valence-corrected chi connectivity index (χ1v) is 10.5. The van der Waals surface area contributed by atoms with Gasteiger partial charge >= 0.3 is 0 Å². The first kappa shape index (κ1) is 22.2. The molecule has 1 saturated carbocycles. The average Bonchev–Trinajstić information content (AvgIpc) is 2.74. The zero-order chi connectivity index (χ0) is 22.4. The van der Waals surface area contributed by atoms with Gasteiger partial charge in [-0.2, -0.15) is 4.98 Å². The number of carbonyl (C=O) groups is 2. The molecule has 0 aliphatic heterocycles. The number of nitrogens with zero attached hydrogens (tertiary/aromatic N) is 3. The minimum absolute atomic E-state index is 0.0294. The van der Waals surface area contributed by atoms with E-state index in [9.17, 15) is 9.59 Å². The van der Waals surface area contributed by atoms with Gasteiger partial charge in [0.1, 0.15) is 0 Å². The predicted molar refractivity (Wildman–Crippen MR) is 120 cm³/mol. The number of carbonyl (C=O) groups excluding carboxylic acids is 2. The van der Waals surface area contributed by atoms with Crippen molar-refractivity contribution in [1.82, 2.24) is 20.5 Å². The van der Waals surface area contributed by atoms with Crippen LogP contribution in [0.25, 0.3) is 0 Å². The molecule has 3 rings (SSSR count). The van der Waals surface area contributed by atoms with Crippen LogP contribution in [0.4, 0.5) is 17.5 Å². The van der Waals surface area contributed by atoms with Crippen LogP contribution in [0.1, 0.15) is 61.5 Å². The molecular weight excluding hydrogens is 394 g/mol. The Bertz CT molecular complexity index is 943. The summed E-state index contributed by atoms with van der Waals surface area (Å²) in [6.45, 7) is 7.74. The van der Waals surface area contributed by atoms with Crippen molar-refractivity contribution in [2.45, 2.75) is 57.5 Å². The van der Waals surface area contributed by atoms with E-state index in [4.69, 9.17) is 5.73 Å². The Balaban J connectivity index is 1.74. The van der Waals surface area contributed by atoms with Crippen molar-refractivity contribution in [2.24, 2.45) is 5.73 Å². The van der Waals surface area contributed by atoms with Crippen molar-refractivity contribution < 1.29 is 9.59 Å². The van der Waals surface area contributed by atoms with Crippen molar-refractivity contribution in [3.05, 3.63) is 48.2 Å². The number of nitrogens with two attached hydrogens (primary N) is 1. The Kier molecular flexibility index (Phi) is 7.17. The van der Waals surface area contributed by atoms with Crippen LogP contribution in [0.15, 0.2) is 36.9 Å². The molecule has 0 radical (unpaired) electrons. The number of nitrogens with one attached hydrogen (secondary N) is 3. The van der Waals surface area contributed by atoms with Gasteiger partial charge < -0.3 is 21.7 Å². The highest BCUT2D eigenvalue weighted by atomic mass is 16.2. The van der Waals surface area contributed by atoms with E-state index in [1.165, 1.54) is 11.6 Å². The summed E-state index contributed by atoms with van der Waals surface area (Å²) < 4.78 is 0. The third-order valence-corrected chi connectivity index (χ3v) is 5.30. The molecule has 0 unspecified atom stereocenters. The number of aromatic nitrogens is 3. The highest BCUT2D eigenvalue weighted by molar-refractivity contribution is 5.96. The van der Waals surface area contributed by atoms with Gasteiger partial charge in [0.2, 0.25) is 11.9 Å². The van der Waals surface area contributed by atoms with Crippen molar-refractivity contribution in [2.75, 3.05) is 10.6 Å². The van der Waals surface area contributed by atoms with Crippen LogP contribution in [0.2, 0.25) is 0 Å². The molecule has 9 heteroatoms. The molecule has 9 nitrogen and oxygen atoms in total. The van der Waals surface area contributed by atoms with Gasteiger partial charge in [0, 0.05) is 17.8 Å². The predicted octanol–water partition coefficient (Wildman–Crippen LogP) is 2.86. The summed E-state index contributed by atoms with van der Waals surface area (Å²) in [5.41, 5.74) is 7.40. The highest BCUT2D eigenvalue weighted by Crippen LogP contribution is 2.24. The van der Waals surface area contributed by atoms with Gasteiger partial charge in [0.25, 0.3) is 5.91 Å². The molecule has 1 aromatic heterocycles. The van der Waals surface area contributed by atoms with Crippen LogP contribution in [0.5, 0.6) is 0 Å². The van der Waals surface area contributed by atoms with Gasteiger partial charge in [-0.25, -0.2) is 0 Å². The van der Waals surface area contributed by atoms with Crippen LogP contribution in [-0.4, -0.2) is 39.1 Å². The second-order valence-corrected chi connectivity index (χ2v) is 8.02. The average molecular weight is 424 g/mol. The summed E-state index contributed by atoms with van der Waals surface area (Å²) in [5, 5.41) is 17.3. The summed E-state index contributed by atoms with van der Waals surface area (Å²) in [6.07, 6.45) is 4.80. The summed E-state index contributed by atoms with van der Waals surface area (Å²) >= 11 is 0. The molecule has 2 atom stereocenters. The maximum Gasteiger partial charge on any atom is 0.273 e. The molecule has 1 heterocycles. The van der Waals surface area contributed by atoms with E-state index < -0.39 is 5.91 Å². The SMILES string of the molecule is C=CC(=O)N[C@H]1CCC[C@@H](Nc2nnc(C(N)=O)c(Nc3ccc(C(C)C)cc3)n2)C1. The largest absolute Gasteiger partial charge is 0.364 e. The van der Waals surface area contributed by atoms with Crippen LogP contribution in [0, 0.1) is 0 Å². The molecule has 1 aromatic carbocycles. The lowest BCUT2D eigenvalue weighted by molar-refractivity contribution is -0.117. The molecule has 1 fully saturated rings. The number of benzene rings is 1. The molecular formula is C22H29N7O2. The second-order valence-electron chi connectivity index (χ2n) is 8.02. The topological polar surface area (TPSA) is 135 Å². The maximum absolute atomic E-state index is 11.8. The molecule has 0 spiro atoms. The van der Waals surface area contributed by atoms with E-state index in [2.05, 4.69) is 51.6 Å². The lowest BCUT2D eigenvalue weighted by atomic mass is 9.91. The van der Waals surface area contributed by atoms with Crippen molar-refractivity contribution in [3.8, 4) is 0 Å². The number of hydrogen-bond acceptors (Lipinski definition) is 7. The first-order valence-electron chi connectivity index (χ1n) is 10.5. The fourth-order valence-electron chi connectivity index (χ4n) is 3.62. The smallest absolute Gasteiger partial charge is 0.273 e. The molecule has 5 N–H and O–H groups in total.